The number of hydrogen-bond donors (Lipinski definition) is 1. The molecule has 112 valence electrons. The van der Waals surface area contributed by atoms with Crippen molar-refractivity contribution in [3.8, 4) is 0 Å². The quantitative estimate of drug-likeness (QED) is 0.831. The maximum atomic E-state index is 10.7. The normalized spacial score (nSPS) is 11.0. The zero-order chi connectivity index (χ0) is 15.4. The van der Waals surface area contributed by atoms with Gasteiger partial charge in [-0.3, -0.25) is 4.79 Å². The molecule has 21 heavy (non-hydrogen) atoms. The summed E-state index contributed by atoms with van der Waals surface area (Å²) in [6.07, 6.45) is 0. The molecule has 2 aromatic rings. The topological polar surface area (TPSA) is 68.0 Å². The van der Waals surface area contributed by atoms with Crippen LogP contribution in [0.1, 0.15) is 36.7 Å². The SMILES string of the molecule is Cc1nnc(SCC(=O)O)n1Cc1ccc(C(C)C)cc1. The van der Waals surface area contributed by atoms with Crippen LogP contribution in [0, 0.1) is 6.92 Å². The first-order valence-electron chi connectivity index (χ1n) is 6.80. The van der Waals surface area contributed by atoms with Crippen LogP contribution in [-0.2, 0) is 11.3 Å². The average Bonchev–Trinajstić information content (AvgIpc) is 2.78. The second-order valence-electron chi connectivity index (χ2n) is 5.19. The number of carbonyl (C=O) groups is 1. The standard InChI is InChI=1S/C15H19N3O2S/c1-10(2)13-6-4-12(5-7-13)8-18-11(3)16-17-15(18)21-9-14(19)20/h4-7,10H,8-9H2,1-3H3,(H,19,20). The number of aromatic nitrogens is 3. The Balaban J connectivity index is 2.15. The van der Waals surface area contributed by atoms with Crippen molar-refractivity contribution in [2.45, 2.75) is 38.4 Å². The molecule has 0 amide bonds. The number of aryl methyl sites for hydroxylation is 1. The molecular formula is C15H19N3O2S. The third-order valence-electron chi connectivity index (χ3n) is 3.21. The molecule has 1 aromatic carbocycles. The van der Waals surface area contributed by atoms with Crippen LogP contribution in [0.25, 0.3) is 0 Å². The summed E-state index contributed by atoms with van der Waals surface area (Å²) in [6, 6.07) is 8.45. The summed E-state index contributed by atoms with van der Waals surface area (Å²) in [5.74, 6) is 0.437. The summed E-state index contributed by atoms with van der Waals surface area (Å²) in [6.45, 7) is 6.86. The van der Waals surface area contributed by atoms with Crippen LogP contribution in [0.3, 0.4) is 0 Å². The van der Waals surface area contributed by atoms with Gasteiger partial charge < -0.3 is 9.67 Å². The number of rotatable bonds is 6. The second-order valence-corrected chi connectivity index (χ2v) is 6.14. The minimum atomic E-state index is -0.853. The van der Waals surface area contributed by atoms with Gasteiger partial charge in [0.05, 0.1) is 12.3 Å². The van der Waals surface area contributed by atoms with E-state index in [4.69, 9.17) is 5.11 Å². The second kappa shape index (κ2) is 6.76. The molecule has 5 nitrogen and oxygen atoms in total. The summed E-state index contributed by atoms with van der Waals surface area (Å²) in [4.78, 5) is 10.7. The highest BCUT2D eigenvalue weighted by molar-refractivity contribution is 7.99. The number of aliphatic carboxylic acids is 1. The first-order valence-corrected chi connectivity index (χ1v) is 7.79. The van der Waals surface area contributed by atoms with Crippen molar-refractivity contribution in [3.63, 3.8) is 0 Å². The van der Waals surface area contributed by atoms with Gasteiger partial charge in [-0.15, -0.1) is 10.2 Å². The molecule has 0 unspecified atom stereocenters. The van der Waals surface area contributed by atoms with Crippen molar-refractivity contribution >= 4 is 17.7 Å². The Hall–Kier alpha value is -1.82. The maximum absolute atomic E-state index is 10.7. The molecule has 0 aliphatic rings. The molecular weight excluding hydrogens is 286 g/mol. The Labute approximate surface area is 128 Å². The molecule has 0 atom stereocenters. The molecule has 0 aliphatic carbocycles. The van der Waals surface area contributed by atoms with E-state index in [0.29, 0.717) is 17.6 Å². The van der Waals surface area contributed by atoms with Gasteiger partial charge in [0.2, 0.25) is 0 Å². The number of carboxylic acids is 1. The van der Waals surface area contributed by atoms with Gasteiger partial charge in [-0.25, -0.2) is 0 Å². The van der Waals surface area contributed by atoms with Crippen molar-refractivity contribution < 1.29 is 9.90 Å². The molecule has 2 rings (SSSR count). The van der Waals surface area contributed by atoms with Crippen LogP contribution >= 0.6 is 11.8 Å². The van der Waals surface area contributed by atoms with Crippen LogP contribution in [0.2, 0.25) is 0 Å². The monoisotopic (exact) mass is 305 g/mol. The van der Waals surface area contributed by atoms with Crippen LogP contribution in [0.4, 0.5) is 0 Å². The summed E-state index contributed by atoms with van der Waals surface area (Å²) in [5, 5.41) is 17.5. The van der Waals surface area contributed by atoms with Gasteiger partial charge in [0.25, 0.3) is 0 Å². The molecule has 0 spiro atoms. The van der Waals surface area contributed by atoms with Gasteiger partial charge in [-0.2, -0.15) is 0 Å². The molecule has 0 radical (unpaired) electrons. The van der Waals surface area contributed by atoms with Crippen LogP contribution in [-0.4, -0.2) is 31.6 Å². The summed E-state index contributed by atoms with van der Waals surface area (Å²) in [7, 11) is 0. The zero-order valence-electron chi connectivity index (χ0n) is 12.4. The van der Waals surface area contributed by atoms with Crippen LogP contribution < -0.4 is 0 Å². The van der Waals surface area contributed by atoms with Gasteiger partial charge in [0, 0.05) is 0 Å². The Morgan fingerprint density at radius 1 is 1.29 bits per heavy atom. The van der Waals surface area contributed by atoms with Crippen molar-refractivity contribution in [2.24, 2.45) is 0 Å². The predicted molar refractivity (Wildman–Crippen MR) is 82.8 cm³/mol. The maximum Gasteiger partial charge on any atom is 0.313 e. The fraction of sp³-hybridized carbons (Fsp3) is 0.400. The van der Waals surface area contributed by atoms with Gasteiger partial charge in [0.1, 0.15) is 5.82 Å². The number of carboxylic acid groups (broad SMARTS) is 1. The third kappa shape index (κ3) is 4.07. The highest BCUT2D eigenvalue weighted by Gasteiger charge is 2.11. The van der Waals surface area contributed by atoms with E-state index in [2.05, 4.69) is 48.3 Å². The summed E-state index contributed by atoms with van der Waals surface area (Å²) >= 11 is 1.19. The lowest BCUT2D eigenvalue weighted by Gasteiger charge is -2.10. The van der Waals surface area contributed by atoms with Crippen molar-refractivity contribution in [2.75, 3.05) is 5.75 Å². The average molecular weight is 305 g/mol. The smallest absolute Gasteiger partial charge is 0.313 e. The van der Waals surface area contributed by atoms with Gasteiger partial charge in [0.15, 0.2) is 5.16 Å². The first kappa shape index (κ1) is 15.6. The molecule has 1 heterocycles. The fourth-order valence-electron chi connectivity index (χ4n) is 1.97. The molecule has 1 N–H and O–H groups in total. The van der Waals surface area contributed by atoms with E-state index in [1.54, 1.807) is 0 Å². The molecule has 0 saturated heterocycles. The van der Waals surface area contributed by atoms with Crippen LogP contribution in [0.15, 0.2) is 29.4 Å². The third-order valence-corrected chi connectivity index (χ3v) is 4.17. The van der Waals surface area contributed by atoms with E-state index in [0.717, 1.165) is 11.4 Å². The Kier molecular flexibility index (Phi) is 5.01. The van der Waals surface area contributed by atoms with Crippen LogP contribution in [0.5, 0.6) is 0 Å². The summed E-state index contributed by atoms with van der Waals surface area (Å²) < 4.78 is 1.94. The largest absolute Gasteiger partial charge is 0.481 e. The number of hydrogen-bond acceptors (Lipinski definition) is 4. The molecule has 0 saturated carbocycles. The fourth-order valence-corrected chi connectivity index (χ4v) is 2.67. The zero-order valence-corrected chi connectivity index (χ0v) is 13.2. The first-order chi connectivity index (χ1) is 9.97. The van der Waals surface area contributed by atoms with E-state index < -0.39 is 5.97 Å². The Bertz CT molecular complexity index is 620. The highest BCUT2D eigenvalue weighted by atomic mass is 32.2. The lowest BCUT2D eigenvalue weighted by molar-refractivity contribution is -0.133. The van der Waals surface area contributed by atoms with E-state index in [-0.39, 0.29) is 5.75 Å². The van der Waals surface area contributed by atoms with E-state index in [9.17, 15) is 4.79 Å². The minimum Gasteiger partial charge on any atom is -0.481 e. The molecule has 0 bridgehead atoms. The van der Waals surface area contributed by atoms with Crippen molar-refractivity contribution in [1.82, 2.24) is 14.8 Å². The minimum absolute atomic E-state index is 0.00950. The lowest BCUT2D eigenvalue weighted by atomic mass is 10.0. The highest BCUT2D eigenvalue weighted by Crippen LogP contribution is 2.20. The lowest BCUT2D eigenvalue weighted by Crippen LogP contribution is -2.06. The molecule has 0 aliphatic heterocycles. The number of thioether (sulfide) groups is 1. The van der Waals surface area contributed by atoms with Gasteiger partial charge in [-0.05, 0) is 24.0 Å². The molecule has 1 aromatic heterocycles. The van der Waals surface area contributed by atoms with E-state index >= 15 is 0 Å². The van der Waals surface area contributed by atoms with Gasteiger partial charge >= 0.3 is 5.97 Å². The summed E-state index contributed by atoms with van der Waals surface area (Å²) in [5.41, 5.74) is 2.46. The van der Waals surface area contributed by atoms with Crippen molar-refractivity contribution in [3.05, 3.63) is 41.2 Å². The van der Waals surface area contributed by atoms with E-state index in [1.165, 1.54) is 17.3 Å². The molecule has 0 fully saturated rings. The van der Waals surface area contributed by atoms with E-state index in [1.807, 2.05) is 11.5 Å². The Morgan fingerprint density at radius 2 is 1.95 bits per heavy atom. The number of nitrogens with zero attached hydrogens (tertiary/aromatic N) is 3. The predicted octanol–water partition coefficient (Wildman–Crippen LogP) is 2.93. The molecule has 6 heteroatoms. The Morgan fingerprint density at radius 3 is 2.52 bits per heavy atom. The number of benzene rings is 1. The van der Waals surface area contributed by atoms with Crippen molar-refractivity contribution in [1.29, 1.82) is 0 Å². The van der Waals surface area contributed by atoms with Gasteiger partial charge in [-0.1, -0.05) is 49.9 Å².